The van der Waals surface area contributed by atoms with Gasteiger partial charge in [-0.1, -0.05) is 35.5 Å². The highest BCUT2D eigenvalue weighted by Crippen LogP contribution is 2.11. The zero-order chi connectivity index (χ0) is 15.1. The molecule has 0 amide bonds. The fraction of sp³-hybridized carbons (Fsp3) is 0.176. The van der Waals surface area contributed by atoms with Crippen LogP contribution in [0, 0.1) is 11.3 Å². The molecule has 0 heterocycles. The van der Waals surface area contributed by atoms with Gasteiger partial charge >= 0.3 is 0 Å². The minimum atomic E-state index is 0.288. The number of oxime groups is 1. The second kappa shape index (κ2) is 7.11. The lowest BCUT2D eigenvalue weighted by atomic mass is 10.1. The van der Waals surface area contributed by atoms with Gasteiger partial charge in [0.1, 0.15) is 6.61 Å². The highest BCUT2D eigenvalue weighted by atomic mass is 16.6. The Morgan fingerprint density at radius 1 is 1.14 bits per heavy atom. The molecule has 2 aromatic carbocycles. The lowest BCUT2D eigenvalue weighted by Gasteiger charge is -2.11. The van der Waals surface area contributed by atoms with Gasteiger partial charge in [-0.3, -0.25) is 0 Å². The van der Waals surface area contributed by atoms with Crippen molar-refractivity contribution in [3.8, 4) is 6.07 Å². The van der Waals surface area contributed by atoms with Crippen LogP contribution in [-0.4, -0.2) is 20.3 Å². The molecule has 106 valence electrons. The summed E-state index contributed by atoms with van der Waals surface area (Å²) in [4.78, 5) is 7.29. The zero-order valence-electron chi connectivity index (χ0n) is 12.2. The average Bonchev–Trinajstić information content (AvgIpc) is 2.52. The highest BCUT2D eigenvalue weighted by Gasteiger charge is 2.00. The summed E-state index contributed by atoms with van der Waals surface area (Å²) in [6, 6.07) is 17.5. The van der Waals surface area contributed by atoms with Gasteiger partial charge < -0.3 is 9.74 Å². The molecule has 2 rings (SSSR count). The van der Waals surface area contributed by atoms with Gasteiger partial charge in [0.2, 0.25) is 0 Å². The molecule has 0 saturated heterocycles. The summed E-state index contributed by atoms with van der Waals surface area (Å²) in [7, 11) is 4.00. The molecule has 4 nitrogen and oxygen atoms in total. The number of hydrogen-bond acceptors (Lipinski definition) is 4. The van der Waals surface area contributed by atoms with Crippen molar-refractivity contribution in [3.63, 3.8) is 0 Å². The second-order valence-corrected chi connectivity index (χ2v) is 4.76. The Morgan fingerprint density at radius 3 is 2.52 bits per heavy atom. The molecule has 0 aliphatic heterocycles. The molecule has 2 aromatic rings. The van der Waals surface area contributed by atoms with Crippen molar-refractivity contribution in [2.45, 2.75) is 6.61 Å². The molecule has 0 spiro atoms. The first kappa shape index (κ1) is 14.6. The van der Waals surface area contributed by atoms with Gasteiger partial charge in [-0.2, -0.15) is 5.26 Å². The van der Waals surface area contributed by atoms with Crippen molar-refractivity contribution in [1.29, 1.82) is 5.26 Å². The molecule has 0 fully saturated rings. The van der Waals surface area contributed by atoms with Crippen LogP contribution in [0.3, 0.4) is 0 Å². The lowest BCUT2D eigenvalue weighted by Crippen LogP contribution is -2.08. The number of benzene rings is 2. The summed E-state index contributed by atoms with van der Waals surface area (Å²) in [5.74, 6) is 0. The number of anilines is 1. The maximum Gasteiger partial charge on any atom is 0.143 e. The Kier molecular flexibility index (Phi) is 4.94. The quantitative estimate of drug-likeness (QED) is 0.624. The van der Waals surface area contributed by atoms with Gasteiger partial charge in [-0.05, 0) is 23.8 Å². The largest absolute Gasteiger partial charge is 0.391 e. The van der Waals surface area contributed by atoms with Gasteiger partial charge in [-0.25, -0.2) is 0 Å². The van der Waals surface area contributed by atoms with E-state index in [2.05, 4.69) is 11.2 Å². The summed E-state index contributed by atoms with van der Waals surface area (Å²) in [6.07, 6.45) is 1.66. The molecule has 0 atom stereocenters. The Bertz CT molecular complexity index is 654. The first-order valence-electron chi connectivity index (χ1n) is 6.61. The Labute approximate surface area is 124 Å². The van der Waals surface area contributed by atoms with E-state index < -0.39 is 0 Å². The zero-order valence-corrected chi connectivity index (χ0v) is 12.2. The Morgan fingerprint density at radius 2 is 1.86 bits per heavy atom. The molecule has 0 aromatic heterocycles. The van der Waals surface area contributed by atoms with E-state index in [1.807, 2.05) is 61.5 Å². The van der Waals surface area contributed by atoms with E-state index in [1.165, 1.54) is 0 Å². The smallest absolute Gasteiger partial charge is 0.143 e. The van der Waals surface area contributed by atoms with Crippen molar-refractivity contribution >= 4 is 11.9 Å². The molecule has 0 saturated carbocycles. The maximum atomic E-state index is 8.98. The summed E-state index contributed by atoms with van der Waals surface area (Å²) in [5.41, 5.74) is 3.55. The van der Waals surface area contributed by atoms with Crippen LogP contribution in [0.15, 0.2) is 53.7 Å². The van der Waals surface area contributed by atoms with E-state index in [0.29, 0.717) is 5.56 Å². The summed E-state index contributed by atoms with van der Waals surface area (Å²) in [5, 5.41) is 12.9. The van der Waals surface area contributed by atoms with E-state index >= 15 is 0 Å². The van der Waals surface area contributed by atoms with Gasteiger partial charge in [0.05, 0.1) is 17.8 Å². The number of nitriles is 1. The van der Waals surface area contributed by atoms with Crippen LogP contribution in [0.5, 0.6) is 0 Å². The predicted octanol–water partition coefficient (Wildman–Crippen LogP) is 3.17. The molecule has 0 radical (unpaired) electrons. The summed E-state index contributed by atoms with van der Waals surface area (Å²) in [6.45, 7) is 0.288. The van der Waals surface area contributed by atoms with E-state index in [9.17, 15) is 0 Å². The van der Waals surface area contributed by atoms with Crippen LogP contribution >= 0.6 is 0 Å². The predicted molar refractivity (Wildman–Crippen MR) is 84.3 cm³/mol. The van der Waals surface area contributed by atoms with Crippen LogP contribution in [0.2, 0.25) is 0 Å². The fourth-order valence-corrected chi connectivity index (χ4v) is 1.82. The highest BCUT2D eigenvalue weighted by molar-refractivity contribution is 5.79. The molecule has 0 aliphatic rings. The first-order chi connectivity index (χ1) is 10.2. The summed E-state index contributed by atoms with van der Waals surface area (Å²) < 4.78 is 0. The first-order valence-corrected chi connectivity index (χ1v) is 6.61. The van der Waals surface area contributed by atoms with E-state index in [4.69, 9.17) is 10.1 Å². The van der Waals surface area contributed by atoms with E-state index in [0.717, 1.165) is 16.8 Å². The van der Waals surface area contributed by atoms with E-state index in [-0.39, 0.29) is 6.61 Å². The summed E-state index contributed by atoms with van der Waals surface area (Å²) >= 11 is 0. The molecule has 0 bridgehead atoms. The third kappa shape index (κ3) is 4.08. The van der Waals surface area contributed by atoms with Crippen LogP contribution in [-0.2, 0) is 11.4 Å². The van der Waals surface area contributed by atoms with Crippen LogP contribution < -0.4 is 4.90 Å². The molecular weight excluding hydrogens is 262 g/mol. The van der Waals surface area contributed by atoms with Gasteiger partial charge in [-0.15, -0.1) is 0 Å². The third-order valence-electron chi connectivity index (χ3n) is 3.04. The van der Waals surface area contributed by atoms with Gasteiger partial charge in [0.15, 0.2) is 0 Å². The Balaban J connectivity index is 1.92. The normalized spacial score (nSPS) is 10.3. The third-order valence-corrected chi connectivity index (χ3v) is 3.04. The molecule has 21 heavy (non-hydrogen) atoms. The maximum absolute atomic E-state index is 8.98. The SMILES string of the molecule is CN(C)c1ccc(/C=N\OCc2ccccc2C#N)cc1. The molecular formula is C17H17N3O. The topological polar surface area (TPSA) is 48.6 Å². The molecule has 0 N–H and O–H groups in total. The standard InChI is InChI=1S/C17H17N3O/c1-20(2)17-9-7-14(8-10-17)12-19-21-13-16-6-4-3-5-15(16)11-18/h3-10,12H,13H2,1-2H3/b19-12-. The molecule has 4 heteroatoms. The number of rotatable bonds is 5. The Hall–Kier alpha value is -2.80. The molecule has 0 aliphatic carbocycles. The fourth-order valence-electron chi connectivity index (χ4n) is 1.82. The second-order valence-electron chi connectivity index (χ2n) is 4.76. The van der Waals surface area contributed by atoms with Gasteiger partial charge in [0, 0.05) is 25.3 Å². The van der Waals surface area contributed by atoms with Crippen molar-refractivity contribution in [2.24, 2.45) is 5.16 Å². The monoisotopic (exact) mass is 279 g/mol. The van der Waals surface area contributed by atoms with E-state index in [1.54, 1.807) is 12.3 Å². The van der Waals surface area contributed by atoms with Crippen molar-refractivity contribution in [1.82, 2.24) is 0 Å². The number of hydrogen-bond donors (Lipinski definition) is 0. The van der Waals surface area contributed by atoms with Crippen molar-refractivity contribution < 1.29 is 4.84 Å². The van der Waals surface area contributed by atoms with Crippen LogP contribution in [0.25, 0.3) is 0 Å². The van der Waals surface area contributed by atoms with Gasteiger partial charge in [0.25, 0.3) is 0 Å². The number of nitrogens with zero attached hydrogens (tertiary/aromatic N) is 3. The minimum Gasteiger partial charge on any atom is -0.391 e. The van der Waals surface area contributed by atoms with Crippen molar-refractivity contribution in [3.05, 3.63) is 65.2 Å². The van der Waals surface area contributed by atoms with Crippen molar-refractivity contribution in [2.75, 3.05) is 19.0 Å². The van der Waals surface area contributed by atoms with Crippen LogP contribution in [0.1, 0.15) is 16.7 Å². The minimum absolute atomic E-state index is 0.288. The average molecular weight is 279 g/mol. The molecule has 0 unspecified atom stereocenters. The van der Waals surface area contributed by atoms with Crippen LogP contribution in [0.4, 0.5) is 5.69 Å². The lowest BCUT2D eigenvalue weighted by molar-refractivity contribution is 0.132.